The van der Waals surface area contributed by atoms with Crippen molar-refractivity contribution in [2.45, 2.75) is 23.8 Å². The van der Waals surface area contributed by atoms with Gasteiger partial charge >= 0.3 is 0 Å². The Morgan fingerprint density at radius 1 is 1.04 bits per heavy atom. The average Bonchev–Trinajstić information content (AvgIpc) is 3.34. The third-order valence-electron chi connectivity index (χ3n) is 4.96. The van der Waals surface area contributed by atoms with E-state index in [9.17, 15) is 12.8 Å². The zero-order valence-corrected chi connectivity index (χ0v) is 15.5. The number of halogens is 1. The van der Waals surface area contributed by atoms with Gasteiger partial charge in [-0.25, -0.2) is 17.5 Å². The lowest BCUT2D eigenvalue weighted by Gasteiger charge is -2.28. The summed E-state index contributed by atoms with van der Waals surface area (Å²) >= 11 is 0. The number of likely N-dealkylation sites (tertiary alicyclic amines) is 1. The van der Waals surface area contributed by atoms with Gasteiger partial charge in [0.05, 0.1) is 4.90 Å². The molecule has 2 heterocycles. The van der Waals surface area contributed by atoms with Crippen molar-refractivity contribution in [1.82, 2.24) is 9.62 Å². The Labute approximate surface area is 157 Å². The molecule has 0 saturated carbocycles. The fourth-order valence-electron chi connectivity index (χ4n) is 3.51. The molecule has 1 unspecified atom stereocenters. The fourth-order valence-corrected chi connectivity index (χ4v) is 4.57. The van der Waals surface area contributed by atoms with Gasteiger partial charge < -0.3 is 9.47 Å². The standard InChI is InChI=1S/C19H21FN2O4S/c20-15-5-3-14(4-6-15)17(22-9-1-2-10-22)12-21-27(23,24)16-7-8-18-19(11-16)26-13-25-18/h3-8,11,17,21H,1-2,9-10,12-13H2. The van der Waals surface area contributed by atoms with Crippen LogP contribution in [-0.4, -0.2) is 39.7 Å². The van der Waals surface area contributed by atoms with Crippen LogP contribution in [-0.2, 0) is 10.0 Å². The molecule has 8 heteroatoms. The van der Waals surface area contributed by atoms with Crippen molar-refractivity contribution in [2.75, 3.05) is 26.4 Å². The Morgan fingerprint density at radius 2 is 1.74 bits per heavy atom. The summed E-state index contributed by atoms with van der Waals surface area (Å²) < 4.78 is 52.0. The second kappa shape index (κ2) is 7.46. The molecule has 1 N–H and O–H groups in total. The maximum absolute atomic E-state index is 13.3. The topological polar surface area (TPSA) is 67.9 Å². The minimum atomic E-state index is -3.71. The molecule has 4 rings (SSSR count). The first-order valence-electron chi connectivity index (χ1n) is 8.92. The van der Waals surface area contributed by atoms with E-state index in [-0.39, 0.29) is 30.1 Å². The lowest BCUT2D eigenvalue weighted by Crippen LogP contribution is -2.36. The lowest BCUT2D eigenvalue weighted by atomic mass is 10.1. The monoisotopic (exact) mass is 392 g/mol. The summed E-state index contributed by atoms with van der Waals surface area (Å²) in [6.07, 6.45) is 2.15. The predicted octanol–water partition coefficient (Wildman–Crippen LogP) is 2.67. The van der Waals surface area contributed by atoms with Crippen molar-refractivity contribution >= 4 is 10.0 Å². The average molecular weight is 392 g/mol. The van der Waals surface area contributed by atoms with Crippen LogP contribution in [0.15, 0.2) is 47.4 Å². The van der Waals surface area contributed by atoms with Crippen molar-refractivity contribution < 1.29 is 22.3 Å². The molecule has 0 spiro atoms. The second-order valence-electron chi connectivity index (χ2n) is 6.68. The van der Waals surface area contributed by atoms with Gasteiger partial charge in [0.2, 0.25) is 16.8 Å². The van der Waals surface area contributed by atoms with E-state index in [1.807, 2.05) is 0 Å². The Bertz CT molecular complexity index is 912. The van der Waals surface area contributed by atoms with Gasteiger partial charge in [0.15, 0.2) is 11.5 Å². The maximum Gasteiger partial charge on any atom is 0.240 e. The molecule has 2 aromatic rings. The van der Waals surface area contributed by atoms with Crippen LogP contribution >= 0.6 is 0 Å². The lowest BCUT2D eigenvalue weighted by molar-refractivity contribution is 0.174. The molecule has 0 bridgehead atoms. The predicted molar refractivity (Wildman–Crippen MR) is 97.7 cm³/mol. The number of sulfonamides is 1. The van der Waals surface area contributed by atoms with Crippen molar-refractivity contribution in [2.24, 2.45) is 0 Å². The first-order valence-corrected chi connectivity index (χ1v) is 10.4. The van der Waals surface area contributed by atoms with Crippen LogP contribution in [0.2, 0.25) is 0 Å². The van der Waals surface area contributed by atoms with Crippen LogP contribution in [0.3, 0.4) is 0 Å². The molecule has 0 aromatic heterocycles. The van der Waals surface area contributed by atoms with Crippen LogP contribution in [0.5, 0.6) is 11.5 Å². The quantitative estimate of drug-likeness (QED) is 0.819. The molecule has 1 saturated heterocycles. The molecule has 2 aliphatic rings. The number of benzene rings is 2. The zero-order chi connectivity index (χ0) is 18.9. The smallest absolute Gasteiger partial charge is 0.240 e. The third-order valence-corrected chi connectivity index (χ3v) is 6.38. The summed E-state index contributed by atoms with van der Waals surface area (Å²) in [7, 11) is -3.71. The van der Waals surface area contributed by atoms with Crippen LogP contribution < -0.4 is 14.2 Å². The number of ether oxygens (including phenoxy) is 2. The van der Waals surface area contributed by atoms with E-state index in [0.29, 0.717) is 11.5 Å². The second-order valence-corrected chi connectivity index (χ2v) is 8.44. The van der Waals surface area contributed by atoms with Gasteiger partial charge in [0.25, 0.3) is 0 Å². The largest absolute Gasteiger partial charge is 0.454 e. The summed E-state index contributed by atoms with van der Waals surface area (Å²) in [5.74, 6) is 0.655. The molecular weight excluding hydrogens is 371 g/mol. The van der Waals surface area contributed by atoms with Gasteiger partial charge in [0.1, 0.15) is 5.82 Å². The van der Waals surface area contributed by atoms with Crippen LogP contribution in [0, 0.1) is 5.82 Å². The highest BCUT2D eigenvalue weighted by atomic mass is 32.2. The van der Waals surface area contributed by atoms with E-state index in [1.165, 1.54) is 24.3 Å². The summed E-state index contributed by atoms with van der Waals surface area (Å²) in [5, 5.41) is 0. The van der Waals surface area contributed by atoms with Gasteiger partial charge in [-0.05, 0) is 55.8 Å². The number of fused-ring (bicyclic) bond motifs is 1. The van der Waals surface area contributed by atoms with E-state index in [4.69, 9.17) is 9.47 Å². The van der Waals surface area contributed by atoms with E-state index < -0.39 is 10.0 Å². The van der Waals surface area contributed by atoms with Gasteiger partial charge in [-0.3, -0.25) is 4.90 Å². The first-order chi connectivity index (χ1) is 13.0. The van der Waals surface area contributed by atoms with E-state index in [2.05, 4.69) is 9.62 Å². The van der Waals surface area contributed by atoms with Crippen LogP contribution in [0.1, 0.15) is 24.4 Å². The molecule has 0 aliphatic carbocycles. The van der Waals surface area contributed by atoms with Crippen LogP contribution in [0.4, 0.5) is 4.39 Å². The van der Waals surface area contributed by atoms with Crippen LogP contribution in [0.25, 0.3) is 0 Å². The fraction of sp³-hybridized carbons (Fsp3) is 0.368. The van der Waals surface area contributed by atoms with E-state index in [0.717, 1.165) is 31.5 Å². The van der Waals surface area contributed by atoms with Crippen molar-refractivity contribution in [1.29, 1.82) is 0 Å². The molecule has 6 nitrogen and oxygen atoms in total. The SMILES string of the molecule is O=S(=O)(NCC(c1ccc(F)cc1)N1CCCC1)c1ccc2c(c1)OCO2. The number of nitrogens with zero attached hydrogens (tertiary/aromatic N) is 1. The Hall–Kier alpha value is -2.16. The van der Waals surface area contributed by atoms with Crippen molar-refractivity contribution in [3.05, 3.63) is 53.8 Å². The molecule has 2 aromatic carbocycles. The summed E-state index contributed by atoms with van der Waals surface area (Å²) in [6, 6.07) is 10.7. The van der Waals surface area contributed by atoms with Gasteiger partial charge in [-0.1, -0.05) is 12.1 Å². The molecule has 0 amide bonds. The maximum atomic E-state index is 13.3. The molecule has 1 atom stereocenters. The molecule has 144 valence electrons. The molecule has 27 heavy (non-hydrogen) atoms. The highest BCUT2D eigenvalue weighted by molar-refractivity contribution is 7.89. The Kier molecular flexibility index (Phi) is 5.03. The third kappa shape index (κ3) is 3.92. The normalized spacial score (nSPS) is 18.0. The van der Waals surface area contributed by atoms with Gasteiger partial charge in [-0.15, -0.1) is 0 Å². The van der Waals surface area contributed by atoms with Gasteiger partial charge in [-0.2, -0.15) is 0 Å². The summed E-state index contributed by atoms with van der Waals surface area (Å²) in [5.41, 5.74) is 0.895. The number of rotatable bonds is 6. The van der Waals surface area contributed by atoms with Crippen molar-refractivity contribution in [3.8, 4) is 11.5 Å². The molecule has 2 aliphatic heterocycles. The van der Waals surface area contributed by atoms with E-state index in [1.54, 1.807) is 18.2 Å². The molecule has 0 radical (unpaired) electrons. The number of hydrogen-bond donors (Lipinski definition) is 1. The first kappa shape index (κ1) is 18.2. The van der Waals surface area contributed by atoms with E-state index >= 15 is 0 Å². The minimum Gasteiger partial charge on any atom is -0.454 e. The number of hydrogen-bond acceptors (Lipinski definition) is 5. The Morgan fingerprint density at radius 3 is 2.48 bits per heavy atom. The summed E-state index contributed by atoms with van der Waals surface area (Å²) in [6.45, 7) is 2.10. The number of nitrogens with one attached hydrogen (secondary N) is 1. The van der Waals surface area contributed by atoms with Crippen molar-refractivity contribution in [3.63, 3.8) is 0 Å². The Balaban J connectivity index is 1.53. The summed E-state index contributed by atoms with van der Waals surface area (Å²) in [4.78, 5) is 2.36. The highest BCUT2D eigenvalue weighted by Crippen LogP contribution is 2.34. The van der Waals surface area contributed by atoms with Gasteiger partial charge in [0, 0.05) is 18.7 Å². The zero-order valence-electron chi connectivity index (χ0n) is 14.7. The molecular formula is C19H21FN2O4S. The molecule has 1 fully saturated rings. The highest BCUT2D eigenvalue weighted by Gasteiger charge is 2.26. The minimum absolute atomic E-state index is 0.0911.